The van der Waals surface area contributed by atoms with E-state index in [9.17, 15) is 9.18 Å². The molecule has 4 aromatic rings. The number of pyridine rings is 1. The molecule has 0 bridgehead atoms. The highest BCUT2D eigenvalue weighted by Crippen LogP contribution is 2.39. The van der Waals surface area contributed by atoms with E-state index in [0.29, 0.717) is 34.1 Å². The zero-order chi connectivity index (χ0) is 24.2. The fourth-order valence-electron chi connectivity index (χ4n) is 4.00. The van der Waals surface area contributed by atoms with Crippen LogP contribution in [0.5, 0.6) is 5.75 Å². The predicted octanol–water partition coefficient (Wildman–Crippen LogP) is 6.55. The van der Waals surface area contributed by atoms with E-state index in [-0.39, 0.29) is 34.6 Å². The molecule has 0 spiro atoms. The second kappa shape index (κ2) is 8.52. The molecule has 11 heteroatoms. The average Bonchev–Trinajstić information content (AvgIpc) is 3.40. The Morgan fingerprint density at radius 1 is 1.15 bits per heavy atom. The number of rotatable bonds is 4. The highest BCUT2D eigenvalue weighted by molar-refractivity contribution is 6.36. The molecule has 0 amide bonds. The summed E-state index contributed by atoms with van der Waals surface area (Å²) in [5.41, 5.74) is 0.516. The maximum atomic E-state index is 14.4. The lowest BCUT2D eigenvalue weighted by Crippen LogP contribution is -2.41. The summed E-state index contributed by atoms with van der Waals surface area (Å²) in [5, 5.41) is 5.04. The molecule has 1 aliphatic rings. The molecule has 0 aliphatic heterocycles. The number of alkyl halides is 1. The van der Waals surface area contributed by atoms with E-state index in [4.69, 9.17) is 44.1 Å². The molecule has 1 saturated carbocycles. The summed E-state index contributed by atoms with van der Waals surface area (Å²) in [7, 11) is 0. The summed E-state index contributed by atoms with van der Waals surface area (Å²) in [6.07, 6.45) is 3.61. The number of ketones is 1. The van der Waals surface area contributed by atoms with E-state index in [1.165, 1.54) is 13.0 Å². The van der Waals surface area contributed by atoms with Crippen molar-refractivity contribution in [2.24, 2.45) is 0 Å². The lowest BCUT2D eigenvalue weighted by atomic mass is 9.85. The van der Waals surface area contributed by atoms with Crippen molar-refractivity contribution in [3.8, 4) is 28.7 Å². The van der Waals surface area contributed by atoms with Crippen LogP contribution in [0.15, 0.2) is 35.1 Å². The van der Waals surface area contributed by atoms with Crippen LogP contribution in [-0.4, -0.2) is 37.1 Å². The summed E-state index contributed by atoms with van der Waals surface area (Å²) in [5.74, 6) is 0.281. The molecule has 3 aromatic heterocycles. The minimum Gasteiger partial charge on any atom is -0.489 e. The van der Waals surface area contributed by atoms with E-state index >= 15 is 0 Å². The van der Waals surface area contributed by atoms with Gasteiger partial charge in [0.15, 0.2) is 17.1 Å². The van der Waals surface area contributed by atoms with Crippen molar-refractivity contribution in [3.05, 3.63) is 51.2 Å². The summed E-state index contributed by atoms with van der Waals surface area (Å²) in [6, 6.07) is 4.90. The third-order valence-electron chi connectivity index (χ3n) is 5.73. The molecule has 0 N–H and O–H groups in total. The standard InChI is InChI=1S/C23H18Cl3FN4O3/c1-11-5-16(26)21-28-17(10-31(21)9-11)22-29-20(30-34-22)13-6-15(25)18(7-14(13)24)33-12-3-4-19(32)23(2,27)8-12/h5-7,9-10,12H,3-4,8H2,1-2H3/t12-,23?/m1/s1. The molecular weight excluding hydrogens is 506 g/mol. The maximum Gasteiger partial charge on any atom is 0.278 e. The third kappa shape index (κ3) is 4.26. The molecule has 34 heavy (non-hydrogen) atoms. The summed E-state index contributed by atoms with van der Waals surface area (Å²) in [4.78, 5) is 20.6. The molecule has 2 atom stereocenters. The van der Waals surface area contributed by atoms with Gasteiger partial charge in [-0.25, -0.2) is 9.37 Å². The van der Waals surface area contributed by atoms with Gasteiger partial charge >= 0.3 is 0 Å². The van der Waals surface area contributed by atoms with E-state index < -0.39 is 17.6 Å². The number of fused-ring (bicyclic) bond motifs is 1. The number of ether oxygens (including phenoxy) is 1. The molecule has 0 saturated heterocycles. The Balaban J connectivity index is 1.41. The van der Waals surface area contributed by atoms with Crippen LogP contribution in [0.3, 0.4) is 0 Å². The van der Waals surface area contributed by atoms with Crippen LogP contribution in [0.1, 0.15) is 31.7 Å². The van der Waals surface area contributed by atoms with E-state index in [1.54, 1.807) is 16.7 Å². The fourth-order valence-corrected chi connectivity index (χ4v) is 4.75. The van der Waals surface area contributed by atoms with Crippen molar-refractivity contribution >= 4 is 46.2 Å². The zero-order valence-electron chi connectivity index (χ0n) is 18.1. The van der Waals surface area contributed by atoms with Gasteiger partial charge in [-0.05, 0) is 38.0 Å². The minimum atomic E-state index is -1.92. The van der Waals surface area contributed by atoms with Crippen LogP contribution in [0.25, 0.3) is 28.6 Å². The topological polar surface area (TPSA) is 82.5 Å². The minimum absolute atomic E-state index is 0.0434. The van der Waals surface area contributed by atoms with Crippen LogP contribution in [-0.2, 0) is 4.79 Å². The van der Waals surface area contributed by atoms with Gasteiger partial charge in [-0.15, -0.1) is 0 Å². The second-order valence-electron chi connectivity index (χ2n) is 8.51. The number of aryl methyl sites for hydroxylation is 1. The quantitative estimate of drug-likeness (QED) is 0.302. The number of halogens is 4. The van der Waals surface area contributed by atoms with Crippen molar-refractivity contribution in [2.45, 2.75) is 44.9 Å². The Hall–Kier alpha value is -2.68. The summed E-state index contributed by atoms with van der Waals surface area (Å²) < 4.78 is 27.5. The van der Waals surface area contributed by atoms with Gasteiger partial charge in [0.25, 0.3) is 5.89 Å². The van der Waals surface area contributed by atoms with Crippen LogP contribution in [0.2, 0.25) is 15.1 Å². The average molecular weight is 524 g/mol. The van der Waals surface area contributed by atoms with Crippen molar-refractivity contribution < 1.29 is 18.4 Å². The van der Waals surface area contributed by atoms with Crippen molar-refractivity contribution in [3.63, 3.8) is 0 Å². The number of nitrogens with zero attached hydrogens (tertiary/aromatic N) is 4. The lowest BCUT2D eigenvalue weighted by Gasteiger charge is -2.31. The van der Waals surface area contributed by atoms with E-state index in [1.807, 2.05) is 19.2 Å². The number of carbonyl (C=O) groups is 1. The van der Waals surface area contributed by atoms with Crippen molar-refractivity contribution in [2.75, 3.05) is 0 Å². The van der Waals surface area contributed by atoms with Gasteiger partial charge < -0.3 is 13.7 Å². The largest absolute Gasteiger partial charge is 0.489 e. The molecule has 0 radical (unpaired) electrons. The Kier molecular flexibility index (Phi) is 5.78. The zero-order valence-corrected chi connectivity index (χ0v) is 20.4. The first-order valence-electron chi connectivity index (χ1n) is 10.5. The molecular formula is C23H18Cl3FN4O3. The van der Waals surface area contributed by atoms with E-state index in [0.717, 1.165) is 5.56 Å². The molecule has 1 aromatic carbocycles. The SMILES string of the molecule is Cc1cc(Cl)c2nc(-c3nc(-c4cc(Cl)c(O[C@@H]5CCC(=O)C(C)(F)C5)cc4Cl)no3)cn2c1. The molecule has 3 heterocycles. The first-order chi connectivity index (χ1) is 16.1. The third-order valence-corrected chi connectivity index (χ3v) is 6.62. The first kappa shape index (κ1) is 23.1. The summed E-state index contributed by atoms with van der Waals surface area (Å²) in [6.45, 7) is 3.20. The number of hydrogen-bond acceptors (Lipinski definition) is 6. The Labute approximate surface area is 208 Å². The van der Waals surface area contributed by atoms with Gasteiger partial charge in [0, 0.05) is 36.9 Å². The molecule has 1 fully saturated rings. The van der Waals surface area contributed by atoms with Gasteiger partial charge in [-0.3, -0.25) is 4.79 Å². The second-order valence-corrected chi connectivity index (χ2v) is 9.73. The Bertz CT molecular complexity index is 1430. The smallest absolute Gasteiger partial charge is 0.278 e. The number of imidazole rings is 1. The number of Topliss-reactive ketones (excluding diaryl/α,β-unsaturated/α-hetero) is 1. The Morgan fingerprint density at radius 2 is 1.94 bits per heavy atom. The predicted molar refractivity (Wildman–Crippen MR) is 126 cm³/mol. The van der Waals surface area contributed by atoms with Gasteiger partial charge in [-0.2, -0.15) is 4.98 Å². The van der Waals surface area contributed by atoms with Gasteiger partial charge in [-0.1, -0.05) is 40.0 Å². The molecule has 1 aliphatic carbocycles. The highest BCUT2D eigenvalue weighted by Gasteiger charge is 2.40. The van der Waals surface area contributed by atoms with Gasteiger partial charge in [0.1, 0.15) is 17.5 Å². The Morgan fingerprint density at radius 3 is 2.71 bits per heavy atom. The number of benzene rings is 1. The number of aromatic nitrogens is 4. The molecule has 176 valence electrons. The summed E-state index contributed by atoms with van der Waals surface area (Å²) >= 11 is 19.2. The van der Waals surface area contributed by atoms with Crippen LogP contribution in [0, 0.1) is 6.92 Å². The van der Waals surface area contributed by atoms with Gasteiger partial charge in [0.2, 0.25) is 5.82 Å². The molecule has 7 nitrogen and oxygen atoms in total. The van der Waals surface area contributed by atoms with Crippen molar-refractivity contribution in [1.82, 2.24) is 19.5 Å². The number of hydrogen-bond donors (Lipinski definition) is 0. The first-order valence-corrected chi connectivity index (χ1v) is 11.6. The molecule has 5 rings (SSSR count). The normalized spacial score (nSPS) is 20.8. The molecule has 1 unspecified atom stereocenters. The fraction of sp³-hybridized carbons (Fsp3) is 0.304. The van der Waals surface area contributed by atoms with Crippen LogP contribution < -0.4 is 4.74 Å². The number of carbonyl (C=O) groups excluding carboxylic acids is 1. The lowest BCUT2D eigenvalue weighted by molar-refractivity contribution is -0.135. The monoisotopic (exact) mass is 522 g/mol. The highest BCUT2D eigenvalue weighted by atomic mass is 35.5. The van der Waals surface area contributed by atoms with Crippen molar-refractivity contribution in [1.29, 1.82) is 0 Å². The van der Waals surface area contributed by atoms with Crippen LogP contribution >= 0.6 is 34.8 Å². The maximum absolute atomic E-state index is 14.4. The van der Waals surface area contributed by atoms with E-state index in [2.05, 4.69) is 15.1 Å². The van der Waals surface area contributed by atoms with Crippen LogP contribution in [0.4, 0.5) is 4.39 Å². The van der Waals surface area contributed by atoms with Gasteiger partial charge in [0.05, 0.1) is 15.1 Å².